The van der Waals surface area contributed by atoms with Gasteiger partial charge in [0.2, 0.25) is 0 Å². The summed E-state index contributed by atoms with van der Waals surface area (Å²) >= 11 is 0. The van der Waals surface area contributed by atoms with Crippen LogP contribution in [-0.4, -0.2) is 18.8 Å². The van der Waals surface area contributed by atoms with Gasteiger partial charge in [0.05, 0.1) is 30.5 Å². The van der Waals surface area contributed by atoms with E-state index in [-0.39, 0.29) is 18.5 Å². The molecule has 0 spiro atoms. The van der Waals surface area contributed by atoms with E-state index in [0.717, 1.165) is 40.3 Å². The predicted octanol–water partition coefficient (Wildman–Crippen LogP) is 6.17. The standard InChI is InChI=1S/C25H21F3N2O3/c1-32-24(31)12-10-21(30-29-20-7-4-6-19(15-20)25(26,27)28)16-9-11-23-18(13-16)14-17-5-2-3-8-22(17)33-23/h2-9,11,13,15,29H,10,12,14H2,1H3/b30-21+. The highest BCUT2D eigenvalue weighted by atomic mass is 19.4. The number of benzene rings is 3. The van der Waals surface area contributed by atoms with Crippen LogP contribution in [-0.2, 0) is 22.1 Å². The topological polar surface area (TPSA) is 59.9 Å². The highest BCUT2D eigenvalue weighted by Gasteiger charge is 2.30. The Morgan fingerprint density at radius 1 is 1.00 bits per heavy atom. The van der Waals surface area contributed by atoms with Gasteiger partial charge in [0, 0.05) is 12.8 Å². The molecule has 3 aromatic rings. The second kappa shape index (κ2) is 9.36. The zero-order valence-corrected chi connectivity index (χ0v) is 17.8. The summed E-state index contributed by atoms with van der Waals surface area (Å²) < 4.78 is 49.7. The lowest BCUT2D eigenvalue weighted by Crippen LogP contribution is -2.11. The van der Waals surface area contributed by atoms with Crippen LogP contribution in [0.25, 0.3) is 0 Å². The van der Waals surface area contributed by atoms with Gasteiger partial charge in [-0.3, -0.25) is 10.2 Å². The third kappa shape index (κ3) is 5.34. The van der Waals surface area contributed by atoms with Crippen molar-refractivity contribution in [3.05, 3.63) is 89.0 Å². The Labute approximate surface area is 188 Å². The summed E-state index contributed by atoms with van der Waals surface area (Å²) in [5.41, 5.74) is 5.37. The minimum absolute atomic E-state index is 0.0794. The monoisotopic (exact) mass is 454 g/mol. The molecule has 0 bridgehead atoms. The van der Waals surface area contributed by atoms with Crippen molar-refractivity contribution < 1.29 is 27.4 Å². The zero-order valence-electron chi connectivity index (χ0n) is 17.8. The van der Waals surface area contributed by atoms with Crippen LogP contribution in [0.2, 0.25) is 0 Å². The van der Waals surface area contributed by atoms with Crippen LogP contribution >= 0.6 is 0 Å². The SMILES string of the molecule is COC(=O)CC/C(=N\Nc1cccc(C(F)(F)F)c1)c1ccc2c(c1)Cc1ccccc1O2. The molecular weight excluding hydrogens is 433 g/mol. The number of para-hydroxylation sites is 1. The molecule has 5 nitrogen and oxygen atoms in total. The number of fused-ring (bicyclic) bond motifs is 2. The van der Waals surface area contributed by atoms with Gasteiger partial charge in [0.25, 0.3) is 0 Å². The number of carbonyl (C=O) groups is 1. The number of ether oxygens (including phenoxy) is 2. The van der Waals surface area contributed by atoms with E-state index in [1.807, 2.05) is 42.5 Å². The number of methoxy groups -OCH3 is 1. The fourth-order valence-corrected chi connectivity index (χ4v) is 3.55. The average Bonchev–Trinajstić information content (AvgIpc) is 2.82. The molecule has 0 amide bonds. The Morgan fingerprint density at radius 3 is 2.58 bits per heavy atom. The van der Waals surface area contributed by atoms with Crippen molar-refractivity contribution >= 4 is 17.4 Å². The Morgan fingerprint density at radius 2 is 1.79 bits per heavy atom. The van der Waals surface area contributed by atoms with E-state index >= 15 is 0 Å². The van der Waals surface area contributed by atoms with Crippen molar-refractivity contribution in [3.8, 4) is 11.5 Å². The summed E-state index contributed by atoms with van der Waals surface area (Å²) in [5.74, 6) is 1.14. The number of esters is 1. The highest BCUT2D eigenvalue weighted by molar-refractivity contribution is 6.02. The Kier molecular flexibility index (Phi) is 6.35. The number of anilines is 1. The normalized spacial score (nSPS) is 12.9. The molecule has 0 saturated carbocycles. The number of alkyl halides is 3. The van der Waals surface area contributed by atoms with Crippen LogP contribution < -0.4 is 10.2 Å². The van der Waals surface area contributed by atoms with Crippen LogP contribution in [0.1, 0.15) is 35.1 Å². The first-order valence-electron chi connectivity index (χ1n) is 10.3. The van der Waals surface area contributed by atoms with E-state index in [1.165, 1.54) is 19.2 Å². The molecule has 8 heteroatoms. The van der Waals surface area contributed by atoms with Crippen molar-refractivity contribution in [1.82, 2.24) is 0 Å². The molecule has 0 radical (unpaired) electrons. The number of nitrogens with zero attached hydrogens (tertiary/aromatic N) is 1. The molecule has 1 aliphatic heterocycles. The molecule has 1 N–H and O–H groups in total. The first-order valence-corrected chi connectivity index (χ1v) is 10.3. The fraction of sp³-hybridized carbons (Fsp3) is 0.200. The van der Waals surface area contributed by atoms with E-state index in [1.54, 1.807) is 0 Å². The molecule has 1 heterocycles. The van der Waals surface area contributed by atoms with Gasteiger partial charge < -0.3 is 9.47 Å². The number of carbonyl (C=O) groups excluding carboxylic acids is 1. The number of halogens is 3. The van der Waals surface area contributed by atoms with Gasteiger partial charge in [0.15, 0.2) is 0 Å². The van der Waals surface area contributed by atoms with Crippen molar-refractivity contribution in [3.63, 3.8) is 0 Å². The third-order valence-electron chi connectivity index (χ3n) is 5.27. The van der Waals surface area contributed by atoms with Crippen molar-refractivity contribution in [2.75, 3.05) is 12.5 Å². The van der Waals surface area contributed by atoms with Crippen molar-refractivity contribution in [1.29, 1.82) is 0 Å². The highest BCUT2D eigenvalue weighted by Crippen LogP contribution is 2.37. The second-order valence-corrected chi connectivity index (χ2v) is 7.53. The predicted molar refractivity (Wildman–Crippen MR) is 119 cm³/mol. The van der Waals surface area contributed by atoms with Gasteiger partial charge in [-0.2, -0.15) is 18.3 Å². The minimum atomic E-state index is -4.45. The maximum Gasteiger partial charge on any atom is 0.416 e. The Balaban J connectivity index is 1.62. The third-order valence-corrected chi connectivity index (χ3v) is 5.27. The maximum atomic E-state index is 13.0. The first-order chi connectivity index (χ1) is 15.8. The number of hydrogen-bond donors (Lipinski definition) is 1. The number of rotatable bonds is 6. The fourth-order valence-electron chi connectivity index (χ4n) is 3.55. The Hall–Kier alpha value is -3.81. The van der Waals surface area contributed by atoms with Gasteiger partial charge in [-0.1, -0.05) is 24.3 Å². The molecule has 0 fully saturated rings. The van der Waals surface area contributed by atoms with E-state index in [9.17, 15) is 18.0 Å². The molecule has 170 valence electrons. The molecule has 0 unspecified atom stereocenters. The lowest BCUT2D eigenvalue weighted by atomic mass is 9.96. The van der Waals surface area contributed by atoms with Crippen molar-refractivity contribution in [2.45, 2.75) is 25.4 Å². The summed E-state index contributed by atoms with van der Waals surface area (Å²) in [4.78, 5) is 11.7. The smallest absolute Gasteiger partial charge is 0.416 e. The first kappa shape index (κ1) is 22.4. The van der Waals surface area contributed by atoms with Crippen LogP contribution in [0.3, 0.4) is 0 Å². The molecule has 0 aliphatic carbocycles. The summed E-state index contributed by atoms with van der Waals surface area (Å²) in [5, 5.41) is 4.34. The molecule has 4 rings (SSSR count). The summed E-state index contributed by atoms with van der Waals surface area (Å²) in [7, 11) is 1.30. The van der Waals surface area contributed by atoms with Crippen molar-refractivity contribution in [2.24, 2.45) is 5.10 Å². The van der Waals surface area contributed by atoms with E-state index in [4.69, 9.17) is 9.47 Å². The quantitative estimate of drug-likeness (QED) is 0.215. The minimum Gasteiger partial charge on any atom is -0.469 e. The lowest BCUT2D eigenvalue weighted by molar-refractivity contribution is -0.140. The number of hydrazone groups is 1. The Bertz CT molecular complexity index is 1210. The molecule has 0 aromatic heterocycles. The van der Waals surface area contributed by atoms with E-state index in [0.29, 0.717) is 12.1 Å². The summed E-state index contributed by atoms with van der Waals surface area (Å²) in [6, 6.07) is 18.1. The average molecular weight is 454 g/mol. The molecule has 0 atom stereocenters. The number of hydrogen-bond acceptors (Lipinski definition) is 5. The van der Waals surface area contributed by atoms with Gasteiger partial charge in [-0.15, -0.1) is 0 Å². The summed E-state index contributed by atoms with van der Waals surface area (Å²) in [6.07, 6.45) is -3.46. The van der Waals surface area contributed by atoms with Gasteiger partial charge >= 0.3 is 12.1 Å². The molecular formula is C25H21F3N2O3. The molecule has 33 heavy (non-hydrogen) atoms. The second-order valence-electron chi connectivity index (χ2n) is 7.53. The van der Waals surface area contributed by atoms with Crippen LogP contribution in [0.5, 0.6) is 11.5 Å². The molecule has 1 aliphatic rings. The van der Waals surface area contributed by atoms with Gasteiger partial charge in [-0.25, -0.2) is 0 Å². The van der Waals surface area contributed by atoms with Gasteiger partial charge in [-0.05, 0) is 59.2 Å². The molecule has 3 aromatic carbocycles. The van der Waals surface area contributed by atoms with E-state index < -0.39 is 17.7 Å². The van der Waals surface area contributed by atoms with E-state index in [2.05, 4.69) is 10.5 Å². The lowest BCUT2D eigenvalue weighted by Gasteiger charge is -2.21. The van der Waals surface area contributed by atoms with Gasteiger partial charge in [0.1, 0.15) is 11.5 Å². The largest absolute Gasteiger partial charge is 0.469 e. The molecule has 0 saturated heterocycles. The number of nitrogens with one attached hydrogen (secondary N) is 1. The van der Waals surface area contributed by atoms with Crippen LogP contribution in [0, 0.1) is 0 Å². The maximum absolute atomic E-state index is 13.0. The summed E-state index contributed by atoms with van der Waals surface area (Å²) in [6.45, 7) is 0. The van der Waals surface area contributed by atoms with Crippen LogP contribution in [0.4, 0.5) is 18.9 Å². The van der Waals surface area contributed by atoms with Crippen LogP contribution in [0.15, 0.2) is 71.8 Å². The zero-order chi connectivity index (χ0) is 23.4.